The van der Waals surface area contributed by atoms with Gasteiger partial charge in [-0.3, -0.25) is 0 Å². The minimum atomic E-state index is 1.06. The monoisotopic (exact) mass is 221 g/mol. The normalized spacial score (nSPS) is 10.9. The number of fused-ring (bicyclic) bond motifs is 1. The predicted molar refractivity (Wildman–Crippen MR) is 72.2 cm³/mol. The fourth-order valence-electron chi connectivity index (χ4n) is 2.38. The van der Waals surface area contributed by atoms with Crippen LogP contribution in [0.2, 0.25) is 0 Å². The maximum Gasteiger partial charge on any atom is 0.0531 e. The van der Waals surface area contributed by atoms with E-state index in [0.717, 1.165) is 6.42 Å². The Morgan fingerprint density at radius 1 is 0.941 bits per heavy atom. The maximum atomic E-state index is 2.23. The molecule has 3 rings (SSSR count). The summed E-state index contributed by atoms with van der Waals surface area (Å²) in [5.41, 5.74) is 5.37. The quantitative estimate of drug-likeness (QED) is 0.612. The van der Waals surface area contributed by atoms with E-state index in [1.54, 1.807) is 0 Å². The Labute approximate surface area is 101 Å². The average Bonchev–Trinajstić information content (AvgIpc) is 2.78. The molecule has 1 aromatic carbocycles. The summed E-state index contributed by atoms with van der Waals surface area (Å²) in [6.07, 6.45) is 5.41. The molecule has 0 N–H and O–H groups in total. The number of hydrogen-bond acceptors (Lipinski definition) is 0. The molecule has 2 aromatic heterocycles. The fourth-order valence-corrected chi connectivity index (χ4v) is 2.38. The van der Waals surface area contributed by atoms with Gasteiger partial charge in [-0.05, 0) is 29.7 Å². The van der Waals surface area contributed by atoms with Crippen molar-refractivity contribution in [2.45, 2.75) is 13.3 Å². The second-order valence-corrected chi connectivity index (χ2v) is 4.24. The van der Waals surface area contributed by atoms with E-state index in [-0.39, 0.29) is 0 Å². The third kappa shape index (κ3) is 1.64. The molecule has 0 aliphatic carbocycles. The Kier molecular flexibility index (Phi) is 2.45. The lowest BCUT2D eigenvalue weighted by Crippen LogP contribution is -1.82. The molecule has 0 aliphatic rings. The third-order valence-corrected chi connectivity index (χ3v) is 3.21. The van der Waals surface area contributed by atoms with Crippen LogP contribution in [0.3, 0.4) is 0 Å². The highest BCUT2D eigenvalue weighted by molar-refractivity contribution is 5.84. The molecule has 3 aromatic rings. The summed E-state index contributed by atoms with van der Waals surface area (Å²) in [4.78, 5) is 0. The lowest BCUT2D eigenvalue weighted by atomic mass is 10.0. The zero-order chi connectivity index (χ0) is 11.7. The molecule has 1 heteroatoms. The summed E-state index contributed by atoms with van der Waals surface area (Å²) in [6, 6.07) is 17.0. The van der Waals surface area contributed by atoms with Gasteiger partial charge < -0.3 is 4.40 Å². The van der Waals surface area contributed by atoms with Crippen LogP contribution in [0, 0.1) is 0 Å². The summed E-state index contributed by atoms with van der Waals surface area (Å²) in [7, 11) is 0. The first kappa shape index (κ1) is 10.2. The van der Waals surface area contributed by atoms with Crippen molar-refractivity contribution in [2.24, 2.45) is 0 Å². The third-order valence-electron chi connectivity index (χ3n) is 3.21. The van der Waals surface area contributed by atoms with Gasteiger partial charge in [0.1, 0.15) is 0 Å². The van der Waals surface area contributed by atoms with Gasteiger partial charge in [0.2, 0.25) is 0 Å². The van der Waals surface area contributed by atoms with E-state index in [1.807, 2.05) is 0 Å². The molecule has 0 radical (unpaired) electrons. The molecule has 0 amide bonds. The summed E-state index contributed by atoms with van der Waals surface area (Å²) in [5, 5.41) is 0. The number of rotatable bonds is 2. The zero-order valence-electron chi connectivity index (χ0n) is 9.93. The lowest BCUT2D eigenvalue weighted by Gasteiger charge is -2.03. The summed E-state index contributed by atoms with van der Waals surface area (Å²) in [5.74, 6) is 0. The molecule has 0 fully saturated rings. The highest BCUT2D eigenvalue weighted by Gasteiger charge is 2.10. The van der Waals surface area contributed by atoms with Crippen LogP contribution in [-0.2, 0) is 6.42 Å². The maximum absolute atomic E-state index is 2.23. The Hall–Kier alpha value is -2.02. The second-order valence-electron chi connectivity index (χ2n) is 4.24. The smallest absolute Gasteiger partial charge is 0.0531 e. The molecule has 0 atom stereocenters. The first-order valence-electron chi connectivity index (χ1n) is 6.04. The van der Waals surface area contributed by atoms with Crippen molar-refractivity contribution in [3.05, 3.63) is 66.5 Å². The number of pyridine rings is 1. The number of nitrogens with zero attached hydrogens (tertiary/aromatic N) is 1. The fraction of sp³-hybridized carbons (Fsp3) is 0.125. The lowest BCUT2D eigenvalue weighted by molar-refractivity contribution is 1.11. The summed E-state index contributed by atoms with van der Waals surface area (Å²) in [6.45, 7) is 2.21. The van der Waals surface area contributed by atoms with Crippen molar-refractivity contribution in [3.8, 4) is 11.1 Å². The standard InChI is InChI=1S/C16H15N/c1-2-13-12-17-11-7-6-10-15(17)16(13)14-8-4-3-5-9-14/h3-12H,2H2,1H3. The van der Waals surface area contributed by atoms with Crippen LogP contribution < -0.4 is 0 Å². The van der Waals surface area contributed by atoms with Gasteiger partial charge >= 0.3 is 0 Å². The molecular weight excluding hydrogens is 206 g/mol. The molecular formula is C16H15N. The molecule has 0 aliphatic heterocycles. The molecule has 0 spiro atoms. The van der Waals surface area contributed by atoms with E-state index in [9.17, 15) is 0 Å². The minimum absolute atomic E-state index is 1.06. The van der Waals surface area contributed by atoms with Gasteiger partial charge in [-0.1, -0.05) is 43.3 Å². The van der Waals surface area contributed by atoms with Gasteiger partial charge in [0.05, 0.1) is 5.52 Å². The van der Waals surface area contributed by atoms with Crippen LogP contribution in [0.15, 0.2) is 60.9 Å². The Morgan fingerprint density at radius 3 is 2.47 bits per heavy atom. The van der Waals surface area contributed by atoms with E-state index in [2.05, 4.69) is 72.2 Å². The van der Waals surface area contributed by atoms with Crippen LogP contribution in [0.5, 0.6) is 0 Å². The SMILES string of the molecule is CCc1cn2ccccc2c1-c1ccccc1. The minimum Gasteiger partial charge on any atom is -0.323 e. The van der Waals surface area contributed by atoms with Crippen LogP contribution in [-0.4, -0.2) is 4.40 Å². The van der Waals surface area contributed by atoms with Crippen molar-refractivity contribution in [2.75, 3.05) is 0 Å². The molecule has 0 saturated heterocycles. The van der Waals surface area contributed by atoms with Crippen LogP contribution in [0.1, 0.15) is 12.5 Å². The first-order chi connectivity index (χ1) is 8.40. The van der Waals surface area contributed by atoms with Gasteiger partial charge in [0.25, 0.3) is 0 Å². The van der Waals surface area contributed by atoms with Gasteiger partial charge in [0.15, 0.2) is 0 Å². The summed E-state index contributed by atoms with van der Waals surface area (Å²) < 4.78 is 2.21. The van der Waals surface area contributed by atoms with E-state index < -0.39 is 0 Å². The molecule has 1 nitrogen and oxygen atoms in total. The van der Waals surface area contributed by atoms with Crippen LogP contribution >= 0.6 is 0 Å². The molecule has 0 saturated carbocycles. The van der Waals surface area contributed by atoms with E-state index in [0.29, 0.717) is 0 Å². The van der Waals surface area contributed by atoms with Crippen LogP contribution in [0.25, 0.3) is 16.6 Å². The van der Waals surface area contributed by atoms with Gasteiger partial charge in [-0.2, -0.15) is 0 Å². The first-order valence-corrected chi connectivity index (χ1v) is 6.04. The summed E-state index contributed by atoms with van der Waals surface area (Å²) >= 11 is 0. The number of aromatic nitrogens is 1. The Morgan fingerprint density at radius 2 is 1.71 bits per heavy atom. The van der Waals surface area contributed by atoms with Crippen LogP contribution in [0.4, 0.5) is 0 Å². The average molecular weight is 221 g/mol. The largest absolute Gasteiger partial charge is 0.323 e. The van der Waals surface area contributed by atoms with Gasteiger partial charge in [-0.25, -0.2) is 0 Å². The van der Waals surface area contributed by atoms with Crippen molar-refractivity contribution in [1.82, 2.24) is 4.40 Å². The van der Waals surface area contributed by atoms with Gasteiger partial charge in [-0.15, -0.1) is 0 Å². The topological polar surface area (TPSA) is 4.41 Å². The number of aryl methyl sites for hydroxylation is 1. The van der Waals surface area contributed by atoms with E-state index in [1.165, 1.54) is 22.2 Å². The second kappa shape index (κ2) is 4.10. The zero-order valence-corrected chi connectivity index (χ0v) is 9.93. The molecule has 0 bridgehead atoms. The van der Waals surface area contributed by atoms with E-state index in [4.69, 9.17) is 0 Å². The highest BCUT2D eigenvalue weighted by atomic mass is 14.9. The Balaban J connectivity index is 2.34. The number of benzene rings is 1. The molecule has 17 heavy (non-hydrogen) atoms. The highest BCUT2D eigenvalue weighted by Crippen LogP contribution is 2.30. The van der Waals surface area contributed by atoms with Crippen molar-refractivity contribution >= 4 is 5.52 Å². The molecule has 2 heterocycles. The van der Waals surface area contributed by atoms with E-state index >= 15 is 0 Å². The van der Waals surface area contributed by atoms with Gasteiger partial charge in [0, 0.05) is 18.0 Å². The Bertz CT molecular complexity index is 635. The molecule has 0 unspecified atom stereocenters. The van der Waals surface area contributed by atoms with Crippen molar-refractivity contribution < 1.29 is 0 Å². The van der Waals surface area contributed by atoms with Crippen molar-refractivity contribution in [1.29, 1.82) is 0 Å². The van der Waals surface area contributed by atoms with Crippen molar-refractivity contribution in [3.63, 3.8) is 0 Å². The predicted octanol–water partition coefficient (Wildman–Crippen LogP) is 4.17. The number of hydrogen-bond donors (Lipinski definition) is 0. The molecule has 84 valence electrons.